The molecule has 7 heteroatoms. The van der Waals surface area contributed by atoms with Gasteiger partial charge in [-0.05, 0) is 32.6 Å². The minimum Gasteiger partial charge on any atom is -0.342 e. The first-order valence-electron chi connectivity index (χ1n) is 8.69. The van der Waals surface area contributed by atoms with Crippen molar-refractivity contribution in [3.8, 4) is 0 Å². The summed E-state index contributed by atoms with van der Waals surface area (Å²) in [5.41, 5.74) is 6.63. The number of aromatic nitrogens is 1. The SMILES string of the molecule is Cc1nc(C)c(CC(=O)N2CC[C@@H]3[C@@H](CCC(=O)N3CCN)C2)s1. The number of piperidine rings is 2. The molecule has 1 aromatic heterocycles. The zero-order valence-electron chi connectivity index (χ0n) is 14.5. The molecule has 2 aliphatic rings. The summed E-state index contributed by atoms with van der Waals surface area (Å²) in [4.78, 5) is 34.2. The van der Waals surface area contributed by atoms with Crippen molar-refractivity contribution >= 4 is 23.2 Å². The van der Waals surface area contributed by atoms with E-state index in [4.69, 9.17) is 5.73 Å². The van der Waals surface area contributed by atoms with Crippen LogP contribution in [-0.4, -0.2) is 58.8 Å². The fourth-order valence-corrected chi connectivity index (χ4v) is 4.92. The van der Waals surface area contributed by atoms with Crippen LogP contribution in [-0.2, 0) is 16.0 Å². The number of nitrogens with two attached hydrogens (primary N) is 1. The van der Waals surface area contributed by atoms with Crippen molar-refractivity contribution in [2.24, 2.45) is 11.7 Å². The molecular weight excluding hydrogens is 324 g/mol. The lowest BCUT2D eigenvalue weighted by Crippen LogP contribution is -2.57. The topological polar surface area (TPSA) is 79.5 Å². The fourth-order valence-electron chi connectivity index (χ4n) is 3.99. The summed E-state index contributed by atoms with van der Waals surface area (Å²) in [6.07, 6.45) is 2.77. The van der Waals surface area contributed by atoms with Crippen LogP contribution in [0, 0.1) is 19.8 Å². The summed E-state index contributed by atoms with van der Waals surface area (Å²) in [7, 11) is 0. The van der Waals surface area contributed by atoms with Crippen molar-refractivity contribution in [3.63, 3.8) is 0 Å². The van der Waals surface area contributed by atoms with E-state index in [1.165, 1.54) is 0 Å². The second kappa shape index (κ2) is 7.19. The average Bonchev–Trinajstić information content (AvgIpc) is 2.87. The Bertz CT molecular complexity index is 630. The third kappa shape index (κ3) is 3.47. The molecule has 2 amide bonds. The number of carbonyl (C=O) groups excluding carboxylic acids is 2. The predicted molar refractivity (Wildman–Crippen MR) is 93.8 cm³/mol. The highest BCUT2D eigenvalue weighted by Gasteiger charge is 2.39. The summed E-state index contributed by atoms with van der Waals surface area (Å²) in [6.45, 7) is 6.56. The Labute approximate surface area is 147 Å². The second-order valence-corrected chi connectivity index (χ2v) is 8.08. The number of hydrogen-bond acceptors (Lipinski definition) is 5. The minimum atomic E-state index is 0.183. The first-order valence-corrected chi connectivity index (χ1v) is 9.51. The molecule has 0 unspecified atom stereocenters. The minimum absolute atomic E-state index is 0.183. The van der Waals surface area contributed by atoms with E-state index in [9.17, 15) is 9.59 Å². The normalized spacial score (nSPS) is 24.2. The third-order valence-corrected chi connectivity index (χ3v) is 6.25. The zero-order valence-corrected chi connectivity index (χ0v) is 15.3. The lowest BCUT2D eigenvalue weighted by atomic mass is 9.83. The van der Waals surface area contributed by atoms with Crippen LogP contribution in [0.2, 0.25) is 0 Å². The zero-order chi connectivity index (χ0) is 17.3. The molecule has 3 rings (SSSR count). The molecule has 132 valence electrons. The smallest absolute Gasteiger partial charge is 0.227 e. The molecule has 0 aliphatic carbocycles. The van der Waals surface area contributed by atoms with E-state index >= 15 is 0 Å². The van der Waals surface area contributed by atoms with Crippen molar-refractivity contribution in [3.05, 3.63) is 15.6 Å². The van der Waals surface area contributed by atoms with Gasteiger partial charge in [0.05, 0.1) is 17.1 Å². The molecule has 1 aromatic rings. The van der Waals surface area contributed by atoms with Gasteiger partial charge in [0.15, 0.2) is 0 Å². The molecule has 2 saturated heterocycles. The van der Waals surface area contributed by atoms with Crippen LogP contribution in [0.3, 0.4) is 0 Å². The average molecular weight is 350 g/mol. The number of amides is 2. The van der Waals surface area contributed by atoms with Crippen LogP contribution in [0.4, 0.5) is 0 Å². The summed E-state index contributed by atoms with van der Waals surface area (Å²) in [6, 6.07) is 0.256. The van der Waals surface area contributed by atoms with Crippen LogP contribution in [0.25, 0.3) is 0 Å². The van der Waals surface area contributed by atoms with E-state index in [-0.39, 0.29) is 17.9 Å². The second-order valence-electron chi connectivity index (χ2n) is 6.79. The summed E-state index contributed by atoms with van der Waals surface area (Å²) < 4.78 is 0. The van der Waals surface area contributed by atoms with Gasteiger partial charge in [-0.25, -0.2) is 4.98 Å². The standard InChI is InChI=1S/C17H26N4O2S/c1-11-15(24-12(2)19-11)9-17(23)20-7-5-14-13(10-20)3-4-16(22)21(14)8-6-18/h13-14H,3-10,18H2,1-2H3/t13-,14+/m0/s1. The highest BCUT2D eigenvalue weighted by Crippen LogP contribution is 2.31. The molecule has 3 heterocycles. The molecule has 0 spiro atoms. The van der Waals surface area contributed by atoms with E-state index in [1.807, 2.05) is 23.6 Å². The maximum atomic E-state index is 12.7. The first-order chi connectivity index (χ1) is 11.5. The van der Waals surface area contributed by atoms with E-state index in [0.29, 0.717) is 31.8 Å². The maximum Gasteiger partial charge on any atom is 0.227 e. The van der Waals surface area contributed by atoms with E-state index in [1.54, 1.807) is 11.3 Å². The Hall–Kier alpha value is -1.47. The van der Waals surface area contributed by atoms with Crippen LogP contribution in [0.5, 0.6) is 0 Å². The van der Waals surface area contributed by atoms with Crippen molar-refractivity contribution in [1.29, 1.82) is 0 Å². The molecule has 0 aromatic carbocycles. The van der Waals surface area contributed by atoms with Crippen molar-refractivity contribution in [2.45, 2.75) is 45.6 Å². The van der Waals surface area contributed by atoms with Gasteiger partial charge in [0.25, 0.3) is 0 Å². The fraction of sp³-hybridized carbons (Fsp3) is 0.706. The van der Waals surface area contributed by atoms with Gasteiger partial charge >= 0.3 is 0 Å². The van der Waals surface area contributed by atoms with Gasteiger partial charge in [0, 0.05) is 43.5 Å². The van der Waals surface area contributed by atoms with Gasteiger partial charge in [-0.1, -0.05) is 0 Å². The Kier molecular flexibility index (Phi) is 5.20. The van der Waals surface area contributed by atoms with Crippen LogP contribution < -0.4 is 5.73 Å². The van der Waals surface area contributed by atoms with Crippen LogP contribution in [0.15, 0.2) is 0 Å². The highest BCUT2D eigenvalue weighted by molar-refractivity contribution is 7.11. The number of nitrogens with zero attached hydrogens (tertiary/aromatic N) is 3. The summed E-state index contributed by atoms with van der Waals surface area (Å²) in [5.74, 6) is 0.788. The number of hydrogen-bond donors (Lipinski definition) is 1. The molecule has 2 atom stereocenters. The van der Waals surface area contributed by atoms with Crippen molar-refractivity contribution in [2.75, 3.05) is 26.2 Å². The summed E-state index contributed by atoms with van der Waals surface area (Å²) >= 11 is 1.61. The Morgan fingerprint density at radius 2 is 2.17 bits per heavy atom. The van der Waals surface area contributed by atoms with Gasteiger partial charge in [-0.3, -0.25) is 9.59 Å². The molecule has 0 radical (unpaired) electrons. The van der Waals surface area contributed by atoms with E-state index < -0.39 is 0 Å². The van der Waals surface area contributed by atoms with Crippen LogP contribution in [0.1, 0.15) is 34.8 Å². The largest absolute Gasteiger partial charge is 0.342 e. The monoisotopic (exact) mass is 350 g/mol. The van der Waals surface area contributed by atoms with Gasteiger partial charge < -0.3 is 15.5 Å². The van der Waals surface area contributed by atoms with Crippen molar-refractivity contribution in [1.82, 2.24) is 14.8 Å². The number of aryl methyl sites for hydroxylation is 2. The maximum absolute atomic E-state index is 12.7. The predicted octanol–water partition coefficient (Wildman–Crippen LogP) is 1.10. The molecule has 0 saturated carbocycles. The van der Waals surface area contributed by atoms with Gasteiger partial charge in [0.1, 0.15) is 0 Å². The number of carbonyl (C=O) groups is 2. The van der Waals surface area contributed by atoms with Crippen LogP contribution >= 0.6 is 11.3 Å². The lowest BCUT2D eigenvalue weighted by Gasteiger charge is -2.47. The summed E-state index contributed by atoms with van der Waals surface area (Å²) in [5, 5.41) is 1.01. The third-order valence-electron chi connectivity index (χ3n) is 5.18. The quantitative estimate of drug-likeness (QED) is 0.882. The Balaban J connectivity index is 1.63. The highest BCUT2D eigenvalue weighted by atomic mass is 32.1. The Morgan fingerprint density at radius 3 is 2.83 bits per heavy atom. The van der Waals surface area contributed by atoms with Gasteiger partial charge in [-0.2, -0.15) is 0 Å². The van der Waals surface area contributed by atoms with Gasteiger partial charge in [0.2, 0.25) is 11.8 Å². The van der Waals surface area contributed by atoms with E-state index in [0.717, 1.165) is 41.5 Å². The lowest BCUT2D eigenvalue weighted by molar-refractivity contribution is -0.143. The molecule has 2 fully saturated rings. The molecule has 0 bridgehead atoms. The van der Waals surface area contributed by atoms with Gasteiger partial charge in [-0.15, -0.1) is 11.3 Å². The number of likely N-dealkylation sites (tertiary alicyclic amines) is 2. The molecular formula is C17H26N4O2S. The Morgan fingerprint density at radius 1 is 1.38 bits per heavy atom. The first kappa shape index (κ1) is 17.4. The van der Waals surface area contributed by atoms with Crippen molar-refractivity contribution < 1.29 is 9.59 Å². The number of thiazole rings is 1. The molecule has 6 nitrogen and oxygen atoms in total. The molecule has 2 N–H and O–H groups in total. The number of rotatable bonds is 4. The molecule has 2 aliphatic heterocycles. The molecule has 24 heavy (non-hydrogen) atoms. The van der Waals surface area contributed by atoms with E-state index in [2.05, 4.69) is 4.98 Å². The number of fused-ring (bicyclic) bond motifs is 1.